The van der Waals surface area contributed by atoms with Gasteiger partial charge in [-0.1, -0.05) is 17.7 Å². The molecule has 2 aromatic rings. The molecule has 0 aromatic heterocycles. The number of nitrogens with zero attached hydrogens (tertiary/aromatic N) is 1. The van der Waals surface area contributed by atoms with Crippen LogP contribution in [0.2, 0.25) is 5.02 Å². The van der Waals surface area contributed by atoms with Gasteiger partial charge in [-0.05, 0) is 66.7 Å². The summed E-state index contributed by atoms with van der Waals surface area (Å²) < 4.78 is 21.2. The van der Waals surface area contributed by atoms with Crippen LogP contribution in [0, 0.1) is 0 Å². The van der Waals surface area contributed by atoms with E-state index in [1.54, 1.807) is 48.5 Å². The van der Waals surface area contributed by atoms with Crippen molar-refractivity contribution in [2.24, 2.45) is 0 Å². The standard InChI is InChI=1S/C23H22ClNO7S/c1-3-30-19-12-15(4-9-18(19)32-14-21(26)29-2)13-20-22(27)25(23(28)33-20)10-11-31-17-7-5-16(24)6-8-17/h4-9,12-13H,3,10-11,14H2,1-2H3/b20-13-. The van der Waals surface area contributed by atoms with Gasteiger partial charge in [0.05, 0.1) is 25.2 Å². The van der Waals surface area contributed by atoms with Gasteiger partial charge in [0.15, 0.2) is 18.1 Å². The van der Waals surface area contributed by atoms with Crippen LogP contribution in [0.3, 0.4) is 0 Å². The largest absolute Gasteiger partial charge is 0.492 e. The normalized spacial score (nSPS) is 14.5. The number of hydrogen-bond donors (Lipinski definition) is 0. The number of carbonyl (C=O) groups is 3. The van der Waals surface area contributed by atoms with Crippen molar-refractivity contribution in [1.82, 2.24) is 4.90 Å². The molecule has 1 fully saturated rings. The Morgan fingerprint density at radius 2 is 1.82 bits per heavy atom. The zero-order valence-electron chi connectivity index (χ0n) is 18.0. The molecule has 0 N–H and O–H groups in total. The molecule has 0 spiro atoms. The van der Waals surface area contributed by atoms with Gasteiger partial charge in [-0.2, -0.15) is 0 Å². The molecule has 0 aliphatic carbocycles. The number of thioether (sulfide) groups is 1. The molecule has 10 heteroatoms. The van der Waals surface area contributed by atoms with Crippen molar-refractivity contribution < 1.29 is 33.3 Å². The third-order valence-corrected chi connectivity index (χ3v) is 5.57. The number of methoxy groups -OCH3 is 1. The van der Waals surface area contributed by atoms with Crippen LogP contribution in [0.5, 0.6) is 17.2 Å². The highest BCUT2D eigenvalue weighted by atomic mass is 35.5. The molecule has 1 aliphatic heterocycles. The molecule has 0 radical (unpaired) electrons. The lowest BCUT2D eigenvalue weighted by Crippen LogP contribution is -2.32. The molecule has 33 heavy (non-hydrogen) atoms. The molecule has 1 saturated heterocycles. The number of rotatable bonds is 10. The smallest absolute Gasteiger partial charge is 0.343 e. The van der Waals surface area contributed by atoms with E-state index in [4.69, 9.17) is 25.8 Å². The number of amides is 2. The summed E-state index contributed by atoms with van der Waals surface area (Å²) in [5.41, 5.74) is 0.645. The fourth-order valence-electron chi connectivity index (χ4n) is 2.83. The third-order valence-electron chi connectivity index (χ3n) is 4.41. The Kier molecular flexibility index (Phi) is 8.62. The molecule has 0 atom stereocenters. The van der Waals surface area contributed by atoms with Crippen molar-refractivity contribution in [3.8, 4) is 17.2 Å². The number of hydrogen-bond acceptors (Lipinski definition) is 8. The number of imide groups is 1. The maximum Gasteiger partial charge on any atom is 0.343 e. The number of carbonyl (C=O) groups excluding carboxylic acids is 3. The van der Waals surface area contributed by atoms with Gasteiger partial charge in [-0.15, -0.1) is 0 Å². The average Bonchev–Trinajstić information content (AvgIpc) is 3.07. The first kappa shape index (κ1) is 24.5. The second kappa shape index (κ2) is 11.6. The molecular weight excluding hydrogens is 470 g/mol. The predicted octanol–water partition coefficient (Wildman–Crippen LogP) is 4.41. The van der Waals surface area contributed by atoms with Gasteiger partial charge in [0.2, 0.25) is 0 Å². The van der Waals surface area contributed by atoms with E-state index in [0.29, 0.717) is 34.4 Å². The first-order valence-electron chi connectivity index (χ1n) is 10.0. The van der Waals surface area contributed by atoms with E-state index < -0.39 is 11.9 Å². The van der Waals surface area contributed by atoms with E-state index in [1.807, 2.05) is 6.92 Å². The Balaban J connectivity index is 1.66. The van der Waals surface area contributed by atoms with Crippen molar-refractivity contribution in [3.63, 3.8) is 0 Å². The second-order valence-electron chi connectivity index (χ2n) is 6.64. The zero-order valence-corrected chi connectivity index (χ0v) is 19.6. The van der Waals surface area contributed by atoms with Gasteiger partial charge in [0.25, 0.3) is 11.1 Å². The van der Waals surface area contributed by atoms with Crippen molar-refractivity contribution in [3.05, 3.63) is 58.0 Å². The quantitative estimate of drug-likeness (QED) is 0.356. The summed E-state index contributed by atoms with van der Waals surface area (Å²) in [7, 11) is 1.27. The van der Waals surface area contributed by atoms with Gasteiger partial charge in [-0.25, -0.2) is 4.79 Å². The molecule has 8 nitrogen and oxygen atoms in total. The third kappa shape index (κ3) is 6.66. The Morgan fingerprint density at radius 3 is 2.52 bits per heavy atom. The fraction of sp³-hybridized carbons (Fsp3) is 0.261. The summed E-state index contributed by atoms with van der Waals surface area (Å²) in [6.45, 7) is 2.21. The Bertz CT molecular complexity index is 1060. The fourth-order valence-corrected chi connectivity index (χ4v) is 3.82. The van der Waals surface area contributed by atoms with Crippen LogP contribution < -0.4 is 14.2 Å². The first-order chi connectivity index (χ1) is 15.9. The van der Waals surface area contributed by atoms with Crippen molar-refractivity contribution in [1.29, 1.82) is 0 Å². The summed E-state index contributed by atoms with van der Waals surface area (Å²) >= 11 is 6.70. The zero-order chi connectivity index (χ0) is 23.8. The molecule has 2 amide bonds. The van der Waals surface area contributed by atoms with E-state index in [9.17, 15) is 14.4 Å². The summed E-state index contributed by atoms with van der Waals surface area (Å²) in [6.07, 6.45) is 1.61. The van der Waals surface area contributed by atoms with Crippen LogP contribution in [0.15, 0.2) is 47.4 Å². The van der Waals surface area contributed by atoms with Crippen molar-refractivity contribution in [2.75, 3.05) is 33.5 Å². The van der Waals surface area contributed by atoms with Gasteiger partial charge in [0.1, 0.15) is 12.4 Å². The van der Waals surface area contributed by atoms with E-state index in [-0.39, 0.29) is 29.9 Å². The minimum atomic E-state index is -0.518. The summed E-state index contributed by atoms with van der Waals surface area (Å²) in [6, 6.07) is 11.8. The van der Waals surface area contributed by atoms with Crippen molar-refractivity contribution >= 4 is 46.6 Å². The van der Waals surface area contributed by atoms with E-state index in [1.165, 1.54) is 7.11 Å². The van der Waals surface area contributed by atoms with Crippen LogP contribution >= 0.6 is 23.4 Å². The summed E-state index contributed by atoms with van der Waals surface area (Å²) in [5, 5.41) is 0.225. The van der Waals surface area contributed by atoms with Crippen LogP contribution in [0.4, 0.5) is 4.79 Å². The monoisotopic (exact) mass is 491 g/mol. The Morgan fingerprint density at radius 1 is 1.06 bits per heavy atom. The highest BCUT2D eigenvalue weighted by Gasteiger charge is 2.34. The summed E-state index contributed by atoms with van der Waals surface area (Å²) in [4.78, 5) is 37.8. The molecule has 1 aliphatic rings. The lowest BCUT2D eigenvalue weighted by Gasteiger charge is -2.13. The van der Waals surface area contributed by atoms with E-state index in [2.05, 4.69) is 4.74 Å². The highest BCUT2D eigenvalue weighted by Crippen LogP contribution is 2.34. The number of benzene rings is 2. The minimum Gasteiger partial charge on any atom is -0.492 e. The van der Waals surface area contributed by atoms with Crippen LogP contribution in [0.1, 0.15) is 12.5 Å². The highest BCUT2D eigenvalue weighted by molar-refractivity contribution is 8.18. The number of ether oxygens (including phenoxy) is 4. The maximum absolute atomic E-state index is 12.7. The van der Waals surface area contributed by atoms with Crippen LogP contribution in [0.25, 0.3) is 6.08 Å². The van der Waals surface area contributed by atoms with Crippen LogP contribution in [-0.4, -0.2) is 55.5 Å². The average molecular weight is 492 g/mol. The topological polar surface area (TPSA) is 91.4 Å². The SMILES string of the molecule is CCOc1cc(/C=C2\SC(=O)N(CCOc3ccc(Cl)cc3)C2=O)ccc1OCC(=O)OC. The van der Waals surface area contributed by atoms with Gasteiger partial charge in [-0.3, -0.25) is 14.5 Å². The molecule has 1 heterocycles. The van der Waals surface area contributed by atoms with E-state index in [0.717, 1.165) is 16.7 Å². The van der Waals surface area contributed by atoms with E-state index >= 15 is 0 Å². The molecule has 3 rings (SSSR count). The summed E-state index contributed by atoms with van der Waals surface area (Å²) in [5.74, 6) is 0.460. The maximum atomic E-state index is 12.7. The Labute approximate surface area is 200 Å². The number of halogens is 1. The molecule has 0 saturated carbocycles. The molecule has 0 unspecified atom stereocenters. The van der Waals surface area contributed by atoms with Crippen molar-refractivity contribution in [2.45, 2.75) is 6.92 Å². The second-order valence-corrected chi connectivity index (χ2v) is 8.07. The molecule has 174 valence electrons. The van der Waals surface area contributed by atoms with Gasteiger partial charge >= 0.3 is 5.97 Å². The number of esters is 1. The van der Waals surface area contributed by atoms with Gasteiger partial charge in [0, 0.05) is 5.02 Å². The molecule has 0 bridgehead atoms. The first-order valence-corrected chi connectivity index (χ1v) is 11.2. The molecule has 2 aromatic carbocycles. The lowest BCUT2D eigenvalue weighted by atomic mass is 10.2. The predicted molar refractivity (Wildman–Crippen MR) is 125 cm³/mol. The Hall–Kier alpha value is -3.17. The van der Waals surface area contributed by atoms with Crippen LogP contribution in [-0.2, 0) is 14.3 Å². The lowest BCUT2D eigenvalue weighted by molar-refractivity contribution is -0.142. The van der Waals surface area contributed by atoms with Gasteiger partial charge < -0.3 is 18.9 Å². The minimum absolute atomic E-state index is 0.120. The molecular formula is C23H22ClNO7S.